The number of carboxylic acid groups (broad SMARTS) is 2. The molecule has 0 radical (unpaired) electrons. The molecule has 0 aliphatic rings. The van der Waals surface area contributed by atoms with Gasteiger partial charge < -0.3 is 27.0 Å². The average molecular weight is 434 g/mol. The minimum atomic E-state index is -4.41. The third-order valence-corrected chi connectivity index (χ3v) is 2.83. The summed E-state index contributed by atoms with van der Waals surface area (Å²) in [5, 5.41) is 18.1. The fourth-order valence-electron chi connectivity index (χ4n) is 1.66. The Morgan fingerprint density at radius 2 is 1.73 bits per heavy atom. The number of hydrogen-bond acceptors (Lipinski definition) is 6. The maximum absolute atomic E-state index is 12.0. The molecule has 0 saturated carbocycles. The molecule has 1 heterocycles. The molecule has 1 aromatic rings. The molecular weight excluding hydrogens is 413 g/mol. The maximum atomic E-state index is 12.0. The second-order valence-electron chi connectivity index (χ2n) is 5.48. The second kappa shape index (κ2) is 13.5. The number of carbonyl (C=O) groups is 3. The van der Waals surface area contributed by atoms with Gasteiger partial charge >= 0.3 is 18.1 Å². The molecule has 30 heavy (non-hydrogen) atoms. The smallest absolute Gasteiger partial charge is 0.408 e. The van der Waals surface area contributed by atoms with Gasteiger partial charge in [-0.2, -0.15) is 13.2 Å². The Balaban J connectivity index is 0.000000890. The molecule has 0 unspecified atom stereocenters. The Labute approximate surface area is 168 Å². The zero-order valence-electron chi connectivity index (χ0n) is 15.6. The molecule has 0 aliphatic heterocycles. The van der Waals surface area contributed by atoms with E-state index in [-0.39, 0.29) is 24.1 Å². The Kier molecular flexibility index (Phi) is 11.8. The van der Waals surface area contributed by atoms with Crippen LogP contribution in [0.3, 0.4) is 0 Å². The predicted molar refractivity (Wildman–Crippen MR) is 99.4 cm³/mol. The highest BCUT2D eigenvalue weighted by molar-refractivity contribution is 5.91. The molecule has 0 atom stereocenters. The van der Waals surface area contributed by atoms with E-state index in [1.54, 1.807) is 0 Å². The number of halogens is 3. The van der Waals surface area contributed by atoms with Crippen molar-refractivity contribution >= 4 is 29.6 Å². The molecule has 11 nitrogen and oxygen atoms in total. The summed E-state index contributed by atoms with van der Waals surface area (Å²) in [6.45, 7) is -1.36. The molecule has 0 aromatic carbocycles. The number of aryl methyl sites for hydroxylation is 1. The van der Waals surface area contributed by atoms with E-state index in [4.69, 9.17) is 21.7 Å². The zero-order valence-corrected chi connectivity index (χ0v) is 15.6. The molecule has 7 N–H and O–H groups in total. The normalized spacial score (nSPS) is 11.5. The van der Waals surface area contributed by atoms with E-state index in [1.807, 2.05) is 0 Å². The predicted octanol–water partition coefficient (Wildman–Crippen LogP) is 0.675. The van der Waals surface area contributed by atoms with Crippen molar-refractivity contribution in [3.63, 3.8) is 0 Å². The van der Waals surface area contributed by atoms with Gasteiger partial charge in [0, 0.05) is 31.2 Å². The molecule has 1 rings (SSSR count). The number of nitrogens with two attached hydrogens (primary N) is 2. The Morgan fingerprint density at radius 3 is 2.23 bits per heavy atom. The van der Waals surface area contributed by atoms with Crippen molar-refractivity contribution in [2.75, 3.05) is 11.9 Å². The van der Waals surface area contributed by atoms with Crippen molar-refractivity contribution in [2.24, 2.45) is 16.5 Å². The van der Waals surface area contributed by atoms with E-state index in [0.29, 0.717) is 37.2 Å². The van der Waals surface area contributed by atoms with Gasteiger partial charge in [-0.25, -0.2) is 24.5 Å². The first-order valence-electron chi connectivity index (χ1n) is 8.27. The van der Waals surface area contributed by atoms with Crippen LogP contribution in [-0.2, 0) is 20.8 Å². The number of alkyl halides is 3. The van der Waals surface area contributed by atoms with Gasteiger partial charge in [-0.3, -0.25) is 4.79 Å². The van der Waals surface area contributed by atoms with Crippen molar-refractivity contribution < 1.29 is 37.8 Å². The van der Waals surface area contributed by atoms with Crippen molar-refractivity contribution in [3.8, 4) is 0 Å². The third kappa shape index (κ3) is 16.5. The van der Waals surface area contributed by atoms with E-state index in [0.717, 1.165) is 0 Å². The number of anilines is 1. The lowest BCUT2D eigenvalue weighted by Crippen LogP contribution is -2.26. The van der Waals surface area contributed by atoms with Crippen LogP contribution in [0.25, 0.3) is 0 Å². The van der Waals surface area contributed by atoms with Gasteiger partial charge in [0.1, 0.15) is 18.2 Å². The van der Waals surface area contributed by atoms with Crippen LogP contribution in [0.4, 0.5) is 19.0 Å². The molecule has 1 amide bonds. The Hall–Kier alpha value is -3.71. The molecule has 1 aromatic heterocycles. The zero-order chi connectivity index (χ0) is 23.2. The van der Waals surface area contributed by atoms with Crippen molar-refractivity contribution in [3.05, 3.63) is 30.2 Å². The summed E-state index contributed by atoms with van der Waals surface area (Å²) in [5.41, 5.74) is 10.4. The van der Waals surface area contributed by atoms with Crippen LogP contribution in [-0.4, -0.2) is 56.7 Å². The fourth-order valence-corrected chi connectivity index (χ4v) is 1.66. The SMILES string of the molecule is NC(=O)CCCCc1nccc(NC(N)=NCC(F)(F)F)n1.O=C(O)/C=C\C(=O)O. The van der Waals surface area contributed by atoms with Gasteiger partial charge in [0.2, 0.25) is 5.91 Å². The van der Waals surface area contributed by atoms with Crippen LogP contribution >= 0.6 is 0 Å². The van der Waals surface area contributed by atoms with E-state index in [2.05, 4.69) is 20.3 Å². The molecule has 166 valence electrons. The van der Waals surface area contributed by atoms with Crippen LogP contribution in [0, 0.1) is 0 Å². The highest BCUT2D eigenvalue weighted by Gasteiger charge is 2.26. The number of guanidine groups is 1. The van der Waals surface area contributed by atoms with E-state index in [9.17, 15) is 27.6 Å². The first kappa shape index (κ1) is 26.3. The van der Waals surface area contributed by atoms with Gasteiger partial charge in [0.05, 0.1) is 0 Å². The van der Waals surface area contributed by atoms with E-state index >= 15 is 0 Å². The van der Waals surface area contributed by atoms with Crippen LogP contribution in [0.15, 0.2) is 29.4 Å². The number of aromatic nitrogens is 2. The monoisotopic (exact) mass is 434 g/mol. The van der Waals surface area contributed by atoms with Crippen molar-refractivity contribution in [2.45, 2.75) is 31.9 Å². The summed E-state index contributed by atoms with van der Waals surface area (Å²) >= 11 is 0. The Morgan fingerprint density at radius 1 is 1.13 bits per heavy atom. The number of aliphatic imine (C=N–C) groups is 1. The van der Waals surface area contributed by atoms with Crippen molar-refractivity contribution in [1.29, 1.82) is 0 Å². The van der Waals surface area contributed by atoms with E-state index < -0.39 is 24.7 Å². The number of carboxylic acids is 2. The third-order valence-electron chi connectivity index (χ3n) is 2.83. The maximum Gasteiger partial charge on any atom is 0.408 e. The highest BCUT2D eigenvalue weighted by Crippen LogP contribution is 2.14. The summed E-state index contributed by atoms with van der Waals surface area (Å²) in [5.74, 6) is -2.53. The molecule has 14 heteroatoms. The summed E-state index contributed by atoms with van der Waals surface area (Å²) in [6, 6.07) is 1.46. The lowest BCUT2D eigenvalue weighted by Gasteiger charge is -2.07. The molecule has 0 spiro atoms. The number of rotatable bonds is 9. The van der Waals surface area contributed by atoms with Gasteiger partial charge in [0.25, 0.3) is 0 Å². The number of amides is 1. The van der Waals surface area contributed by atoms with Gasteiger partial charge in [-0.15, -0.1) is 0 Å². The molecular formula is C16H21F3N6O5. The summed E-state index contributed by atoms with van der Waals surface area (Å²) in [4.78, 5) is 41.0. The quantitative estimate of drug-likeness (QED) is 0.161. The van der Waals surface area contributed by atoms with Crippen LogP contribution in [0.5, 0.6) is 0 Å². The van der Waals surface area contributed by atoms with Gasteiger partial charge in [0.15, 0.2) is 5.96 Å². The Bertz CT molecular complexity index is 767. The topological polar surface area (TPSA) is 194 Å². The van der Waals surface area contributed by atoms with Gasteiger partial charge in [-0.1, -0.05) is 0 Å². The standard InChI is InChI=1S/C12H17F3N6O.C4H4O4/c13-12(14,15)7-19-11(17)21-10-5-6-18-9(20-10)4-2-1-3-8(16)22;5-3(6)1-2-4(7)8/h5-6H,1-4,7H2,(H2,16,22)(H3,17,18,19,20,21);1-2H,(H,5,6)(H,7,8)/b;2-1-. The van der Waals surface area contributed by atoms with E-state index in [1.165, 1.54) is 12.3 Å². The molecule has 0 bridgehead atoms. The number of unbranched alkanes of at least 4 members (excludes halogenated alkanes) is 1. The number of aliphatic carboxylic acids is 2. The lowest BCUT2D eigenvalue weighted by molar-refractivity contribution is -0.134. The summed E-state index contributed by atoms with van der Waals surface area (Å²) in [6.07, 6.45) is 0.247. The number of hydrogen-bond donors (Lipinski definition) is 5. The largest absolute Gasteiger partial charge is 0.478 e. The van der Waals surface area contributed by atoms with Crippen LogP contribution in [0.1, 0.15) is 25.1 Å². The molecule has 0 fully saturated rings. The highest BCUT2D eigenvalue weighted by atomic mass is 19.4. The molecule has 0 saturated heterocycles. The molecule has 0 aliphatic carbocycles. The minimum Gasteiger partial charge on any atom is -0.478 e. The fraction of sp³-hybridized carbons (Fsp3) is 0.375. The number of nitrogens with zero attached hydrogens (tertiary/aromatic N) is 3. The summed E-state index contributed by atoms with van der Waals surface area (Å²) < 4.78 is 36.0. The summed E-state index contributed by atoms with van der Waals surface area (Å²) in [7, 11) is 0. The second-order valence-corrected chi connectivity index (χ2v) is 5.48. The van der Waals surface area contributed by atoms with Gasteiger partial charge in [-0.05, 0) is 18.9 Å². The van der Waals surface area contributed by atoms with Crippen molar-refractivity contribution in [1.82, 2.24) is 9.97 Å². The average Bonchev–Trinajstić information content (AvgIpc) is 2.62. The number of carbonyl (C=O) groups excluding carboxylic acids is 1. The van der Waals surface area contributed by atoms with Crippen LogP contribution in [0.2, 0.25) is 0 Å². The minimum absolute atomic E-state index is 0.253. The first-order valence-corrected chi connectivity index (χ1v) is 8.27. The first-order chi connectivity index (χ1) is 13.9. The lowest BCUT2D eigenvalue weighted by atomic mass is 10.2. The van der Waals surface area contributed by atoms with Crippen LogP contribution < -0.4 is 16.8 Å². The number of primary amides is 1. The number of nitrogens with one attached hydrogen (secondary N) is 1.